The predicted molar refractivity (Wildman–Crippen MR) is 146 cm³/mol. The van der Waals surface area contributed by atoms with E-state index in [1.165, 1.54) is 0 Å². The maximum atomic E-state index is 14.6. The van der Waals surface area contributed by atoms with Crippen molar-refractivity contribution in [1.29, 1.82) is 0 Å². The molecule has 214 valence electrons. The van der Waals surface area contributed by atoms with Gasteiger partial charge in [0.2, 0.25) is 11.8 Å². The molecule has 1 spiro atoms. The molecule has 38 heavy (non-hydrogen) atoms. The second kappa shape index (κ2) is 11.9. The summed E-state index contributed by atoms with van der Waals surface area (Å²) in [4.78, 5) is 45.8. The highest BCUT2D eigenvalue weighted by Crippen LogP contribution is 2.66. The number of likely N-dealkylation sites (tertiary alicyclic amines) is 1. The maximum absolute atomic E-state index is 14.6. The Kier molecular flexibility index (Phi) is 9.51. The average Bonchev–Trinajstić information content (AvgIpc) is 3.39. The Bertz CT molecular complexity index is 922. The zero-order chi connectivity index (χ0) is 28.4. The predicted octanol–water partition coefficient (Wildman–Crippen LogP) is 3.73. The van der Waals surface area contributed by atoms with Crippen LogP contribution >= 0.6 is 0 Å². The molecule has 9 atom stereocenters. The van der Waals surface area contributed by atoms with Crippen LogP contribution in [0.2, 0.25) is 0 Å². The van der Waals surface area contributed by atoms with Gasteiger partial charge in [0.25, 0.3) is 0 Å². The molecular formula is C30H48N2O6. The lowest BCUT2D eigenvalue weighted by Crippen LogP contribution is -2.61. The second-order valence-corrected chi connectivity index (χ2v) is 11.7. The molecular weight excluding hydrogens is 484 g/mol. The van der Waals surface area contributed by atoms with E-state index >= 15 is 0 Å². The van der Waals surface area contributed by atoms with Crippen molar-refractivity contribution in [3.8, 4) is 0 Å². The molecule has 3 heterocycles. The van der Waals surface area contributed by atoms with E-state index < -0.39 is 41.1 Å². The van der Waals surface area contributed by atoms with Crippen LogP contribution in [0.4, 0.5) is 0 Å². The number of fused-ring (bicyclic) bond motifs is 1. The summed E-state index contributed by atoms with van der Waals surface area (Å²) in [7, 11) is 0. The third-order valence-corrected chi connectivity index (χ3v) is 9.50. The van der Waals surface area contributed by atoms with Crippen LogP contribution in [0.3, 0.4) is 0 Å². The summed E-state index contributed by atoms with van der Waals surface area (Å²) in [6.07, 6.45) is 6.80. The number of carbonyl (C=O) groups is 3. The highest BCUT2D eigenvalue weighted by molar-refractivity contribution is 5.99. The Morgan fingerprint density at radius 2 is 1.97 bits per heavy atom. The van der Waals surface area contributed by atoms with Crippen LogP contribution in [0.15, 0.2) is 25.3 Å². The van der Waals surface area contributed by atoms with Crippen molar-refractivity contribution >= 4 is 17.8 Å². The van der Waals surface area contributed by atoms with Gasteiger partial charge in [-0.15, -0.1) is 13.2 Å². The summed E-state index contributed by atoms with van der Waals surface area (Å²) in [6, 6.07) is -1.59. The van der Waals surface area contributed by atoms with Crippen molar-refractivity contribution in [2.75, 3.05) is 19.8 Å². The monoisotopic (exact) mass is 532 g/mol. The van der Waals surface area contributed by atoms with Gasteiger partial charge in [0, 0.05) is 12.6 Å². The van der Waals surface area contributed by atoms with Crippen molar-refractivity contribution in [2.24, 2.45) is 23.7 Å². The Labute approximate surface area is 228 Å². The minimum atomic E-state index is -1.17. The number of ether oxygens (including phenoxy) is 2. The molecule has 4 unspecified atom stereocenters. The first-order chi connectivity index (χ1) is 18.0. The van der Waals surface area contributed by atoms with Gasteiger partial charge >= 0.3 is 5.97 Å². The van der Waals surface area contributed by atoms with Crippen LogP contribution in [-0.4, -0.2) is 81.8 Å². The number of aliphatic hydroxyl groups excluding tert-OH is 1. The van der Waals surface area contributed by atoms with Gasteiger partial charge in [0.05, 0.1) is 30.8 Å². The molecule has 3 aliphatic rings. The van der Waals surface area contributed by atoms with E-state index in [1.54, 1.807) is 22.0 Å². The first-order valence-electron chi connectivity index (χ1n) is 14.3. The second-order valence-electron chi connectivity index (χ2n) is 11.7. The largest absolute Gasteiger partial charge is 0.465 e. The lowest BCUT2D eigenvalue weighted by Gasteiger charge is -2.42. The van der Waals surface area contributed by atoms with E-state index in [0.29, 0.717) is 19.4 Å². The van der Waals surface area contributed by atoms with Gasteiger partial charge in [-0.2, -0.15) is 0 Å². The lowest BCUT2D eigenvalue weighted by molar-refractivity contribution is -0.164. The lowest BCUT2D eigenvalue weighted by atomic mass is 9.62. The molecule has 8 nitrogen and oxygen atoms in total. The zero-order valence-corrected chi connectivity index (χ0v) is 24.2. The molecule has 8 heteroatoms. The fourth-order valence-electron chi connectivity index (χ4n) is 7.18. The Balaban J connectivity index is 2.17. The van der Waals surface area contributed by atoms with E-state index in [2.05, 4.69) is 20.1 Å². The van der Waals surface area contributed by atoms with Gasteiger partial charge in [-0.05, 0) is 44.9 Å². The molecule has 3 rings (SSSR count). The molecule has 1 N–H and O–H groups in total. The third-order valence-electron chi connectivity index (χ3n) is 9.50. The molecule has 3 aliphatic heterocycles. The number of amides is 2. The zero-order valence-electron chi connectivity index (χ0n) is 24.2. The Morgan fingerprint density at radius 3 is 2.53 bits per heavy atom. The van der Waals surface area contributed by atoms with Gasteiger partial charge in [-0.1, -0.05) is 52.7 Å². The molecule has 2 bridgehead atoms. The van der Waals surface area contributed by atoms with Crippen LogP contribution in [0.1, 0.15) is 73.6 Å². The summed E-state index contributed by atoms with van der Waals surface area (Å²) in [5.74, 6) is -2.79. The first-order valence-corrected chi connectivity index (χ1v) is 14.3. The van der Waals surface area contributed by atoms with E-state index in [1.807, 2.05) is 34.6 Å². The Hall–Kier alpha value is -2.19. The summed E-state index contributed by atoms with van der Waals surface area (Å²) >= 11 is 0. The number of esters is 1. The number of rotatable bonds is 14. The number of hydrogen-bond donors (Lipinski definition) is 1. The number of nitrogens with zero attached hydrogens (tertiary/aromatic N) is 2. The third kappa shape index (κ3) is 4.72. The van der Waals surface area contributed by atoms with Crippen molar-refractivity contribution in [3.05, 3.63) is 25.3 Å². The molecule has 3 fully saturated rings. The number of hydrogen-bond acceptors (Lipinski definition) is 6. The van der Waals surface area contributed by atoms with Gasteiger partial charge in [0.15, 0.2) is 0 Å². The first kappa shape index (κ1) is 30.4. The van der Waals surface area contributed by atoms with Crippen LogP contribution in [0, 0.1) is 23.7 Å². The van der Waals surface area contributed by atoms with Crippen molar-refractivity contribution in [3.63, 3.8) is 0 Å². The number of aliphatic hydroxyl groups is 1. The van der Waals surface area contributed by atoms with Gasteiger partial charge in [0.1, 0.15) is 17.6 Å². The summed E-state index contributed by atoms with van der Waals surface area (Å²) in [5, 5.41) is 10.5. The van der Waals surface area contributed by atoms with Crippen LogP contribution < -0.4 is 0 Å². The smallest absolute Gasteiger partial charge is 0.312 e. The molecule has 0 aromatic carbocycles. The SMILES string of the molecule is C=CCCOC(=O)[C@H]1[C@H]2C(=O)N([C@@H](CO)[C@@H](C)CC)C(C(=O)N(CC=C)C(C)CCC)C23CC(C)[C@]1(C)O3. The van der Waals surface area contributed by atoms with Gasteiger partial charge in [-0.25, -0.2) is 0 Å². The fraction of sp³-hybridized carbons (Fsp3) is 0.767. The minimum absolute atomic E-state index is 0.0569. The van der Waals surface area contributed by atoms with Crippen LogP contribution in [-0.2, 0) is 23.9 Å². The average molecular weight is 533 g/mol. The maximum Gasteiger partial charge on any atom is 0.312 e. The van der Waals surface area contributed by atoms with E-state index in [9.17, 15) is 19.5 Å². The van der Waals surface area contributed by atoms with E-state index in [-0.39, 0.29) is 42.9 Å². The van der Waals surface area contributed by atoms with Gasteiger partial charge in [-0.3, -0.25) is 14.4 Å². The highest BCUT2D eigenvalue weighted by atomic mass is 16.6. The van der Waals surface area contributed by atoms with Gasteiger partial charge < -0.3 is 24.4 Å². The summed E-state index contributed by atoms with van der Waals surface area (Å²) in [6.45, 7) is 19.8. The molecule has 0 aliphatic carbocycles. The molecule has 0 aromatic heterocycles. The van der Waals surface area contributed by atoms with E-state index in [4.69, 9.17) is 9.47 Å². The molecule has 0 saturated carbocycles. The summed E-state index contributed by atoms with van der Waals surface area (Å²) in [5.41, 5.74) is -2.10. The standard InChI is InChI=1S/C30H48N2O6/c1-9-13-16-37-28(36)24-23-26(34)32(22(18-33)19(5)12-4)25(30(23)17-20(6)29(24,8)38-30)27(35)31(15-11-3)21(7)14-10-2/h9,11,19-25,33H,1,3,10,12-18H2,2,4-8H3/t19-,20?,21?,22-,23-,24+,25?,29-,30?/m0/s1. The topological polar surface area (TPSA) is 96.4 Å². The molecule has 2 amide bonds. The summed E-state index contributed by atoms with van der Waals surface area (Å²) < 4.78 is 12.4. The fourth-order valence-corrected chi connectivity index (χ4v) is 7.18. The molecule has 3 saturated heterocycles. The van der Waals surface area contributed by atoms with Crippen LogP contribution in [0.25, 0.3) is 0 Å². The Morgan fingerprint density at radius 1 is 1.29 bits per heavy atom. The van der Waals surface area contributed by atoms with Crippen molar-refractivity contribution < 1.29 is 29.0 Å². The van der Waals surface area contributed by atoms with Crippen molar-refractivity contribution in [1.82, 2.24) is 9.80 Å². The van der Waals surface area contributed by atoms with Crippen molar-refractivity contribution in [2.45, 2.75) is 103 Å². The molecule has 0 radical (unpaired) electrons. The normalized spacial score (nSPS) is 34.0. The quantitative estimate of drug-likeness (QED) is 0.208. The minimum Gasteiger partial charge on any atom is -0.465 e. The number of carbonyl (C=O) groups excluding carboxylic acids is 3. The highest BCUT2D eigenvalue weighted by Gasteiger charge is 2.81. The molecule has 0 aromatic rings. The van der Waals surface area contributed by atoms with E-state index in [0.717, 1.165) is 19.3 Å². The van der Waals surface area contributed by atoms with Crippen LogP contribution in [0.5, 0.6) is 0 Å².